The quantitative estimate of drug-likeness (QED) is 0.498. The van der Waals surface area contributed by atoms with Gasteiger partial charge in [-0.1, -0.05) is 11.6 Å². The molecule has 148 valence electrons. The normalized spacial score (nSPS) is 11.1. The van der Waals surface area contributed by atoms with Gasteiger partial charge in [-0.2, -0.15) is 5.10 Å². The predicted octanol–water partition coefficient (Wildman–Crippen LogP) is 4.38. The van der Waals surface area contributed by atoms with Crippen LogP contribution in [0, 0.1) is 13.8 Å². The fourth-order valence-electron chi connectivity index (χ4n) is 3.29. The van der Waals surface area contributed by atoms with Crippen molar-refractivity contribution >= 4 is 22.6 Å². The number of ether oxygens (including phenoxy) is 2. The van der Waals surface area contributed by atoms with Gasteiger partial charge in [0.2, 0.25) is 0 Å². The van der Waals surface area contributed by atoms with Crippen LogP contribution in [0.4, 0.5) is 0 Å². The summed E-state index contributed by atoms with van der Waals surface area (Å²) in [6, 6.07) is 5.63. The maximum atomic E-state index is 6.41. The molecule has 0 amide bonds. The Hall–Kier alpha value is -3.19. The minimum absolute atomic E-state index is 0.442. The van der Waals surface area contributed by atoms with Crippen LogP contribution in [0.25, 0.3) is 33.5 Å². The van der Waals surface area contributed by atoms with Gasteiger partial charge in [0.25, 0.3) is 0 Å². The van der Waals surface area contributed by atoms with Crippen molar-refractivity contribution in [2.24, 2.45) is 7.05 Å². The fourth-order valence-corrected chi connectivity index (χ4v) is 3.57. The van der Waals surface area contributed by atoms with Gasteiger partial charge in [0, 0.05) is 30.1 Å². The first-order valence-electron chi connectivity index (χ1n) is 8.98. The summed E-state index contributed by atoms with van der Waals surface area (Å²) < 4.78 is 12.6. The van der Waals surface area contributed by atoms with Crippen LogP contribution >= 0.6 is 11.6 Å². The van der Waals surface area contributed by atoms with Crippen molar-refractivity contribution in [3.63, 3.8) is 0 Å². The highest BCUT2D eigenvalue weighted by molar-refractivity contribution is 6.32. The van der Waals surface area contributed by atoms with E-state index in [-0.39, 0.29) is 0 Å². The molecule has 0 radical (unpaired) electrons. The van der Waals surface area contributed by atoms with E-state index in [0.29, 0.717) is 27.9 Å². The minimum Gasteiger partial charge on any atom is -0.493 e. The van der Waals surface area contributed by atoms with Gasteiger partial charge in [0.05, 0.1) is 47.9 Å². The van der Waals surface area contributed by atoms with E-state index in [1.807, 2.05) is 37.7 Å². The lowest BCUT2D eigenvalue weighted by Gasteiger charge is -2.12. The Kier molecular flexibility index (Phi) is 4.84. The Morgan fingerprint density at radius 2 is 1.76 bits per heavy atom. The van der Waals surface area contributed by atoms with Crippen LogP contribution in [-0.4, -0.2) is 39.0 Å². The highest BCUT2D eigenvalue weighted by Gasteiger charge is 2.19. The van der Waals surface area contributed by atoms with Gasteiger partial charge in [-0.15, -0.1) is 0 Å². The number of methoxy groups -OCH3 is 2. The predicted molar refractivity (Wildman–Crippen MR) is 113 cm³/mol. The molecule has 8 heteroatoms. The second-order valence-electron chi connectivity index (χ2n) is 6.70. The molecule has 1 aromatic carbocycles. The first-order valence-corrected chi connectivity index (χ1v) is 9.36. The lowest BCUT2D eigenvalue weighted by Crippen LogP contribution is -1.95. The molecule has 0 saturated carbocycles. The smallest absolute Gasteiger partial charge is 0.182 e. The lowest BCUT2D eigenvalue weighted by molar-refractivity contribution is 0.355. The molecule has 29 heavy (non-hydrogen) atoms. The van der Waals surface area contributed by atoms with Gasteiger partial charge in [-0.05, 0) is 32.0 Å². The maximum absolute atomic E-state index is 6.41. The SMILES string of the molecule is COc1cc(-c2cc(-c3cnc(C)cn3)c3c(C)n(C)nc3n2)cc(Cl)c1OC. The summed E-state index contributed by atoms with van der Waals surface area (Å²) in [7, 11) is 5.02. The van der Waals surface area contributed by atoms with Gasteiger partial charge in [-0.25, -0.2) is 4.98 Å². The molecule has 0 spiro atoms. The largest absolute Gasteiger partial charge is 0.493 e. The van der Waals surface area contributed by atoms with Crippen LogP contribution in [0.5, 0.6) is 11.5 Å². The average Bonchev–Trinajstić information content (AvgIpc) is 3.01. The number of pyridine rings is 1. The topological polar surface area (TPSA) is 75.0 Å². The Balaban J connectivity index is 2.00. The van der Waals surface area contributed by atoms with Crippen molar-refractivity contribution in [3.8, 4) is 34.0 Å². The Morgan fingerprint density at radius 3 is 2.41 bits per heavy atom. The number of benzene rings is 1. The van der Waals surface area contributed by atoms with E-state index in [9.17, 15) is 0 Å². The highest BCUT2D eigenvalue weighted by Crippen LogP contribution is 2.40. The fraction of sp³-hybridized carbons (Fsp3) is 0.238. The molecule has 0 N–H and O–H groups in total. The Labute approximate surface area is 173 Å². The molecular weight excluding hydrogens is 390 g/mol. The summed E-state index contributed by atoms with van der Waals surface area (Å²) in [6.07, 6.45) is 3.52. The van der Waals surface area contributed by atoms with Crippen molar-refractivity contribution in [1.29, 1.82) is 0 Å². The molecule has 0 atom stereocenters. The molecule has 3 aromatic heterocycles. The van der Waals surface area contributed by atoms with Crippen LogP contribution in [-0.2, 0) is 7.05 Å². The van der Waals surface area contributed by atoms with E-state index < -0.39 is 0 Å². The van der Waals surface area contributed by atoms with Crippen molar-refractivity contribution in [2.45, 2.75) is 13.8 Å². The number of rotatable bonds is 4. The number of aromatic nitrogens is 5. The molecule has 4 rings (SSSR count). The van der Waals surface area contributed by atoms with Gasteiger partial charge in [-0.3, -0.25) is 14.6 Å². The van der Waals surface area contributed by atoms with Crippen molar-refractivity contribution < 1.29 is 9.47 Å². The molecule has 4 aromatic rings. The Morgan fingerprint density at radius 1 is 0.966 bits per heavy atom. The third-order valence-corrected chi connectivity index (χ3v) is 5.16. The number of halogens is 1. The summed E-state index contributed by atoms with van der Waals surface area (Å²) in [5.74, 6) is 1.02. The zero-order valence-electron chi connectivity index (χ0n) is 16.8. The van der Waals surface area contributed by atoms with E-state index in [0.717, 1.165) is 33.6 Å². The van der Waals surface area contributed by atoms with Gasteiger partial charge >= 0.3 is 0 Å². The van der Waals surface area contributed by atoms with Crippen LogP contribution in [0.15, 0.2) is 30.6 Å². The molecule has 3 heterocycles. The standard InChI is InChI=1S/C21H20ClN5O2/c1-11-9-24-17(10-23-11)14-8-16(25-21-19(14)12(2)27(3)26-21)13-6-15(22)20(29-5)18(7-13)28-4/h6-10H,1-5H3. The second-order valence-corrected chi connectivity index (χ2v) is 7.11. The first kappa shape index (κ1) is 19.1. The molecule has 7 nitrogen and oxygen atoms in total. The summed E-state index contributed by atoms with van der Waals surface area (Å²) in [5.41, 5.74) is 5.65. The minimum atomic E-state index is 0.442. The number of aryl methyl sites for hydroxylation is 3. The summed E-state index contributed by atoms with van der Waals surface area (Å²) >= 11 is 6.41. The summed E-state index contributed by atoms with van der Waals surface area (Å²) in [5, 5.41) is 5.96. The molecule has 0 fully saturated rings. The highest BCUT2D eigenvalue weighted by atomic mass is 35.5. The zero-order valence-corrected chi connectivity index (χ0v) is 17.6. The van der Waals surface area contributed by atoms with E-state index >= 15 is 0 Å². The lowest BCUT2D eigenvalue weighted by atomic mass is 10.0. The third-order valence-electron chi connectivity index (χ3n) is 4.88. The van der Waals surface area contributed by atoms with Gasteiger partial charge < -0.3 is 9.47 Å². The summed E-state index contributed by atoms with van der Waals surface area (Å²) in [4.78, 5) is 13.7. The first-order chi connectivity index (χ1) is 13.9. The van der Waals surface area contributed by atoms with Crippen molar-refractivity contribution in [1.82, 2.24) is 24.7 Å². The molecule has 0 aliphatic heterocycles. The second kappa shape index (κ2) is 7.33. The molecule has 0 aliphatic carbocycles. The molecule has 0 saturated heterocycles. The Bertz CT molecular complexity index is 1220. The molecule has 0 aliphatic rings. The average molecular weight is 410 g/mol. The van der Waals surface area contributed by atoms with E-state index in [1.165, 1.54) is 0 Å². The molecular formula is C21H20ClN5O2. The monoisotopic (exact) mass is 409 g/mol. The number of hydrogen-bond acceptors (Lipinski definition) is 6. The van der Waals surface area contributed by atoms with Crippen LogP contribution < -0.4 is 9.47 Å². The number of hydrogen-bond donors (Lipinski definition) is 0. The summed E-state index contributed by atoms with van der Waals surface area (Å²) in [6.45, 7) is 3.92. The zero-order chi connectivity index (χ0) is 20.7. The van der Waals surface area contributed by atoms with E-state index in [1.54, 1.807) is 32.7 Å². The van der Waals surface area contributed by atoms with Gasteiger partial charge in [0.1, 0.15) is 0 Å². The van der Waals surface area contributed by atoms with E-state index in [2.05, 4.69) is 15.1 Å². The van der Waals surface area contributed by atoms with Crippen LogP contribution in [0.3, 0.4) is 0 Å². The van der Waals surface area contributed by atoms with Crippen molar-refractivity contribution in [3.05, 3.63) is 47.0 Å². The molecule has 0 unspecified atom stereocenters. The van der Waals surface area contributed by atoms with Gasteiger partial charge in [0.15, 0.2) is 17.1 Å². The number of fused-ring (bicyclic) bond motifs is 1. The van der Waals surface area contributed by atoms with E-state index in [4.69, 9.17) is 26.1 Å². The molecule has 0 bridgehead atoms. The van der Waals surface area contributed by atoms with Crippen LogP contribution in [0.2, 0.25) is 5.02 Å². The third kappa shape index (κ3) is 3.27. The van der Waals surface area contributed by atoms with Crippen molar-refractivity contribution in [2.75, 3.05) is 14.2 Å². The maximum Gasteiger partial charge on any atom is 0.182 e. The van der Waals surface area contributed by atoms with Crippen LogP contribution in [0.1, 0.15) is 11.4 Å². The number of nitrogens with zero attached hydrogens (tertiary/aromatic N) is 5.